The lowest BCUT2D eigenvalue weighted by Gasteiger charge is -2.35. The van der Waals surface area contributed by atoms with Crippen molar-refractivity contribution in [2.24, 2.45) is 16.2 Å². The van der Waals surface area contributed by atoms with E-state index >= 15 is 0 Å². The SMILES string of the molecule is C=C(S/C(=C\C)Cc1ccc(B2CC(C)(C)C(C)(C)C2)cc1C)C(C)(C)C. The average Bonchev–Trinajstić information content (AvgIpc) is 2.75. The molecule has 0 amide bonds. The van der Waals surface area contributed by atoms with Gasteiger partial charge in [0, 0.05) is 6.42 Å². The second-order valence-electron chi connectivity index (χ2n) is 10.8. The van der Waals surface area contributed by atoms with Crippen molar-refractivity contribution in [3.63, 3.8) is 0 Å². The van der Waals surface area contributed by atoms with Crippen LogP contribution >= 0.6 is 11.8 Å². The molecule has 0 aromatic heterocycles. The summed E-state index contributed by atoms with van der Waals surface area (Å²) in [4.78, 5) is 2.63. The smallest absolute Gasteiger partial charge is 0.0991 e. The van der Waals surface area contributed by atoms with Crippen LogP contribution in [0.2, 0.25) is 12.6 Å². The van der Waals surface area contributed by atoms with E-state index in [-0.39, 0.29) is 5.41 Å². The Balaban J connectivity index is 2.14. The summed E-state index contributed by atoms with van der Waals surface area (Å²) in [5, 5.41) is 0. The van der Waals surface area contributed by atoms with E-state index in [0.29, 0.717) is 17.5 Å². The molecule has 0 radical (unpaired) electrons. The first-order valence-corrected chi connectivity index (χ1v) is 11.2. The first kappa shape index (κ1) is 22.4. The van der Waals surface area contributed by atoms with Crippen molar-refractivity contribution < 1.29 is 0 Å². The number of allylic oxidation sites excluding steroid dienone is 3. The van der Waals surface area contributed by atoms with Crippen molar-refractivity contribution in [1.82, 2.24) is 0 Å². The van der Waals surface area contributed by atoms with Crippen molar-refractivity contribution in [2.45, 2.75) is 81.4 Å². The molecule has 0 unspecified atom stereocenters. The van der Waals surface area contributed by atoms with Crippen LogP contribution in [0.15, 0.2) is 40.7 Å². The Labute approximate surface area is 173 Å². The van der Waals surface area contributed by atoms with Crippen LogP contribution in [-0.4, -0.2) is 6.71 Å². The molecule has 27 heavy (non-hydrogen) atoms. The summed E-state index contributed by atoms with van der Waals surface area (Å²) in [6.07, 6.45) is 5.83. The Bertz CT molecular complexity index is 715. The molecule has 2 heteroatoms. The summed E-state index contributed by atoms with van der Waals surface area (Å²) < 4.78 is 0. The fourth-order valence-electron chi connectivity index (χ4n) is 3.96. The van der Waals surface area contributed by atoms with Crippen LogP contribution in [0.1, 0.15) is 66.5 Å². The molecule has 0 spiro atoms. The zero-order valence-corrected chi connectivity index (χ0v) is 19.9. The Hall–Kier alpha value is -0.885. The highest BCUT2D eigenvalue weighted by molar-refractivity contribution is 8.06. The summed E-state index contributed by atoms with van der Waals surface area (Å²) in [6.45, 7) is 25.9. The zero-order valence-electron chi connectivity index (χ0n) is 19.1. The van der Waals surface area contributed by atoms with E-state index in [0.717, 1.165) is 6.42 Å². The van der Waals surface area contributed by atoms with Gasteiger partial charge in [0.05, 0.1) is 0 Å². The Morgan fingerprint density at radius 3 is 2.15 bits per heavy atom. The maximum absolute atomic E-state index is 4.29. The molecule has 0 saturated carbocycles. The van der Waals surface area contributed by atoms with Gasteiger partial charge in [-0.05, 0) is 51.0 Å². The minimum absolute atomic E-state index is 0.139. The molecule has 1 fully saturated rings. The van der Waals surface area contributed by atoms with Crippen LogP contribution in [0, 0.1) is 23.2 Å². The van der Waals surface area contributed by atoms with Crippen LogP contribution in [0.5, 0.6) is 0 Å². The van der Waals surface area contributed by atoms with Gasteiger partial charge in [0.2, 0.25) is 0 Å². The third-order valence-electron chi connectivity index (χ3n) is 6.96. The van der Waals surface area contributed by atoms with E-state index in [1.807, 2.05) is 11.8 Å². The normalized spacial score (nSPS) is 19.4. The van der Waals surface area contributed by atoms with Gasteiger partial charge < -0.3 is 0 Å². The lowest BCUT2D eigenvalue weighted by molar-refractivity contribution is 0.177. The van der Waals surface area contributed by atoms with E-state index in [1.54, 1.807) is 0 Å². The third kappa shape index (κ3) is 5.14. The minimum Gasteiger partial charge on any atom is -0.0991 e. The fourth-order valence-corrected chi connectivity index (χ4v) is 4.93. The maximum Gasteiger partial charge on any atom is 0.176 e. The molecule has 1 aromatic carbocycles. The van der Waals surface area contributed by atoms with E-state index < -0.39 is 0 Å². The zero-order chi connectivity index (χ0) is 20.6. The van der Waals surface area contributed by atoms with E-state index in [9.17, 15) is 0 Å². The van der Waals surface area contributed by atoms with Gasteiger partial charge in [-0.25, -0.2) is 0 Å². The van der Waals surface area contributed by atoms with Crippen LogP contribution in [0.3, 0.4) is 0 Å². The maximum atomic E-state index is 4.29. The molecule has 0 N–H and O–H groups in total. The van der Waals surface area contributed by atoms with Gasteiger partial charge in [-0.3, -0.25) is 0 Å². The molecule has 0 bridgehead atoms. The summed E-state index contributed by atoms with van der Waals surface area (Å²) >= 11 is 1.85. The van der Waals surface area contributed by atoms with Crippen molar-refractivity contribution in [3.05, 3.63) is 51.8 Å². The number of aryl methyl sites for hydroxylation is 1. The quantitative estimate of drug-likeness (QED) is 0.475. The lowest BCUT2D eigenvalue weighted by atomic mass is 9.42. The van der Waals surface area contributed by atoms with Gasteiger partial charge >= 0.3 is 0 Å². The standard InChI is InChI=1S/C25H39BS/c1-11-22(27-19(3)23(4,5)6)15-20-12-13-21(14-18(20)2)26-16-24(7,8)25(9,10)17-26/h11-14H,3,15-17H2,1-2,4-10H3/b22-11-. The second kappa shape index (κ2) is 7.86. The monoisotopic (exact) mass is 382 g/mol. The Morgan fingerprint density at radius 2 is 1.70 bits per heavy atom. The molecule has 1 aromatic rings. The molecule has 148 valence electrons. The predicted octanol–water partition coefficient (Wildman–Crippen LogP) is 7.50. The molecule has 0 atom stereocenters. The largest absolute Gasteiger partial charge is 0.176 e. The topological polar surface area (TPSA) is 0 Å². The summed E-state index contributed by atoms with van der Waals surface area (Å²) in [5.41, 5.74) is 5.36. The lowest BCUT2D eigenvalue weighted by Crippen LogP contribution is -2.28. The minimum atomic E-state index is 0.139. The highest BCUT2D eigenvalue weighted by atomic mass is 32.2. The van der Waals surface area contributed by atoms with E-state index in [2.05, 4.69) is 93.2 Å². The number of hydrogen-bond acceptors (Lipinski definition) is 1. The number of thioether (sulfide) groups is 1. The van der Waals surface area contributed by atoms with Crippen molar-refractivity contribution in [3.8, 4) is 0 Å². The summed E-state index contributed by atoms with van der Waals surface area (Å²) in [5.74, 6) is 0. The molecule has 1 aliphatic rings. The van der Waals surface area contributed by atoms with E-state index in [1.165, 1.54) is 39.0 Å². The number of rotatable bonds is 5. The highest BCUT2D eigenvalue weighted by Crippen LogP contribution is 2.52. The molecule has 1 saturated heterocycles. The molecular weight excluding hydrogens is 343 g/mol. The molecule has 0 aliphatic carbocycles. The molecule has 2 rings (SSSR count). The number of benzene rings is 1. The van der Waals surface area contributed by atoms with Crippen molar-refractivity contribution in [2.75, 3.05) is 0 Å². The van der Waals surface area contributed by atoms with Crippen molar-refractivity contribution >= 4 is 23.9 Å². The van der Waals surface area contributed by atoms with Crippen LogP contribution in [0.4, 0.5) is 0 Å². The van der Waals surface area contributed by atoms with Crippen LogP contribution in [-0.2, 0) is 6.42 Å². The third-order valence-corrected chi connectivity index (χ3v) is 8.46. The van der Waals surface area contributed by atoms with Gasteiger partial charge in [0.1, 0.15) is 0 Å². The fraction of sp³-hybridized carbons (Fsp3) is 0.600. The van der Waals surface area contributed by atoms with Gasteiger partial charge in [-0.1, -0.05) is 109 Å². The first-order chi connectivity index (χ1) is 12.3. The van der Waals surface area contributed by atoms with Crippen LogP contribution < -0.4 is 5.46 Å². The number of hydrogen-bond donors (Lipinski definition) is 0. The Morgan fingerprint density at radius 1 is 1.15 bits per heavy atom. The second-order valence-corrected chi connectivity index (χ2v) is 12.0. The summed E-state index contributed by atoms with van der Waals surface area (Å²) in [7, 11) is 0. The molecular formula is C25H39BS. The highest BCUT2D eigenvalue weighted by Gasteiger charge is 2.48. The van der Waals surface area contributed by atoms with Gasteiger partial charge in [0.15, 0.2) is 6.71 Å². The molecule has 1 aliphatic heterocycles. The van der Waals surface area contributed by atoms with Gasteiger partial charge in [-0.2, -0.15) is 0 Å². The van der Waals surface area contributed by atoms with Gasteiger partial charge in [-0.15, -0.1) is 0 Å². The molecule has 0 nitrogen and oxygen atoms in total. The van der Waals surface area contributed by atoms with Crippen molar-refractivity contribution in [1.29, 1.82) is 0 Å². The Kier molecular flexibility index (Phi) is 6.52. The van der Waals surface area contributed by atoms with E-state index in [4.69, 9.17) is 0 Å². The molecule has 1 heterocycles. The van der Waals surface area contributed by atoms with Crippen LogP contribution in [0.25, 0.3) is 0 Å². The van der Waals surface area contributed by atoms with Gasteiger partial charge in [0.25, 0.3) is 0 Å². The average molecular weight is 382 g/mol. The predicted molar refractivity (Wildman–Crippen MR) is 127 cm³/mol. The first-order valence-electron chi connectivity index (χ1n) is 10.4. The summed E-state index contributed by atoms with van der Waals surface area (Å²) in [6, 6.07) is 7.21.